The molecule has 144 valence electrons. The second-order valence-electron chi connectivity index (χ2n) is 7.63. The summed E-state index contributed by atoms with van der Waals surface area (Å²) in [6, 6.07) is 15.4. The van der Waals surface area contributed by atoms with E-state index in [1.165, 1.54) is 7.11 Å². The third-order valence-corrected chi connectivity index (χ3v) is 5.90. The van der Waals surface area contributed by atoms with Crippen LogP contribution in [-0.4, -0.2) is 24.6 Å². The van der Waals surface area contributed by atoms with Crippen molar-refractivity contribution in [1.82, 2.24) is 0 Å². The molecule has 2 unspecified atom stereocenters. The molecular weight excluding hydrogens is 356 g/mol. The summed E-state index contributed by atoms with van der Waals surface area (Å²) in [5.74, 6) is -0.864. The molecule has 0 N–H and O–H groups in total. The number of esters is 1. The van der Waals surface area contributed by atoms with E-state index in [2.05, 4.69) is 0 Å². The van der Waals surface area contributed by atoms with Gasteiger partial charge >= 0.3 is 5.97 Å². The van der Waals surface area contributed by atoms with E-state index < -0.39 is 17.3 Å². The van der Waals surface area contributed by atoms with Gasteiger partial charge in [0, 0.05) is 17.4 Å². The third-order valence-electron chi connectivity index (χ3n) is 5.90. The minimum atomic E-state index is -0.842. The van der Waals surface area contributed by atoms with Gasteiger partial charge in [-0.3, -0.25) is 14.4 Å². The smallest absolute Gasteiger partial charge is 0.316 e. The molecule has 0 radical (unpaired) electrons. The Balaban J connectivity index is 1.53. The van der Waals surface area contributed by atoms with Crippen LogP contribution in [0.2, 0.25) is 0 Å². The highest BCUT2D eigenvalue weighted by molar-refractivity contribution is 6.08. The molecule has 1 fully saturated rings. The van der Waals surface area contributed by atoms with Crippen LogP contribution >= 0.6 is 0 Å². The van der Waals surface area contributed by atoms with E-state index in [4.69, 9.17) is 9.47 Å². The van der Waals surface area contributed by atoms with E-state index in [0.717, 1.165) is 11.1 Å². The summed E-state index contributed by atoms with van der Waals surface area (Å²) < 4.78 is 10.6. The van der Waals surface area contributed by atoms with E-state index in [9.17, 15) is 14.4 Å². The molecule has 28 heavy (non-hydrogen) atoms. The lowest BCUT2D eigenvalue weighted by molar-refractivity contribution is -0.152. The zero-order valence-electron chi connectivity index (χ0n) is 15.8. The maximum absolute atomic E-state index is 13.2. The number of methoxy groups -OCH3 is 1. The van der Waals surface area contributed by atoms with Gasteiger partial charge in [-0.05, 0) is 42.5 Å². The SMILES string of the molecule is COC(=O)C1CC2(CCC1=O)Cc1ccc(OCc3ccccc3)cc1C2=O. The Hall–Kier alpha value is -2.95. The van der Waals surface area contributed by atoms with E-state index in [0.29, 0.717) is 30.8 Å². The van der Waals surface area contributed by atoms with Gasteiger partial charge < -0.3 is 9.47 Å². The fourth-order valence-electron chi connectivity index (χ4n) is 4.35. The molecule has 2 aromatic carbocycles. The normalized spacial score (nSPS) is 23.5. The highest BCUT2D eigenvalue weighted by Crippen LogP contribution is 2.48. The number of ketones is 2. The van der Waals surface area contributed by atoms with Gasteiger partial charge in [-0.25, -0.2) is 0 Å². The first-order valence-electron chi connectivity index (χ1n) is 9.47. The fourth-order valence-corrected chi connectivity index (χ4v) is 4.35. The number of hydrogen-bond donors (Lipinski definition) is 0. The van der Waals surface area contributed by atoms with E-state index >= 15 is 0 Å². The van der Waals surface area contributed by atoms with Crippen LogP contribution in [0.4, 0.5) is 0 Å². The monoisotopic (exact) mass is 378 g/mol. The molecule has 5 heteroatoms. The van der Waals surface area contributed by atoms with Gasteiger partial charge in [0.2, 0.25) is 0 Å². The first-order valence-corrected chi connectivity index (χ1v) is 9.47. The number of ether oxygens (including phenoxy) is 2. The minimum Gasteiger partial charge on any atom is -0.489 e. The molecule has 5 nitrogen and oxygen atoms in total. The number of Topliss-reactive ketones (excluding diaryl/α,β-unsaturated/α-hetero) is 2. The number of carbonyl (C=O) groups excluding carboxylic acids is 3. The number of carbonyl (C=O) groups is 3. The van der Waals surface area contributed by atoms with Crippen molar-refractivity contribution in [2.75, 3.05) is 7.11 Å². The number of rotatable bonds is 4. The molecule has 0 aromatic heterocycles. The lowest BCUT2D eigenvalue weighted by Crippen LogP contribution is -2.41. The standard InChI is InChI=1S/C23H22O5/c1-27-22(26)19-13-23(10-9-20(19)24)12-16-7-8-17(11-18(16)21(23)25)28-14-15-5-3-2-4-6-15/h2-8,11,19H,9-10,12-14H2,1H3. The Morgan fingerprint density at radius 3 is 2.68 bits per heavy atom. The van der Waals surface area contributed by atoms with Crippen LogP contribution in [0.5, 0.6) is 5.75 Å². The molecule has 2 aliphatic rings. The highest BCUT2D eigenvalue weighted by Gasteiger charge is 2.52. The second kappa shape index (κ2) is 7.23. The predicted molar refractivity (Wildman–Crippen MR) is 102 cm³/mol. The minimum absolute atomic E-state index is 0.00839. The molecule has 2 aromatic rings. The van der Waals surface area contributed by atoms with Crippen LogP contribution in [0.25, 0.3) is 0 Å². The maximum Gasteiger partial charge on any atom is 0.316 e. The van der Waals surface area contributed by atoms with Crippen LogP contribution in [0.3, 0.4) is 0 Å². The van der Waals surface area contributed by atoms with Crippen molar-refractivity contribution in [2.24, 2.45) is 11.3 Å². The van der Waals surface area contributed by atoms with E-state index in [-0.39, 0.29) is 24.4 Å². The van der Waals surface area contributed by atoms with E-state index in [1.807, 2.05) is 42.5 Å². The van der Waals surface area contributed by atoms with Gasteiger partial charge in [-0.15, -0.1) is 0 Å². The highest BCUT2D eigenvalue weighted by atomic mass is 16.5. The third kappa shape index (κ3) is 3.21. The van der Waals surface area contributed by atoms with Crippen molar-refractivity contribution >= 4 is 17.5 Å². The molecule has 1 saturated carbocycles. The topological polar surface area (TPSA) is 69.7 Å². The van der Waals surface area contributed by atoms with Crippen LogP contribution in [0, 0.1) is 11.3 Å². The van der Waals surface area contributed by atoms with Crippen molar-refractivity contribution in [3.8, 4) is 5.75 Å². The van der Waals surface area contributed by atoms with E-state index in [1.54, 1.807) is 6.07 Å². The Bertz CT molecular complexity index is 925. The van der Waals surface area contributed by atoms with Crippen LogP contribution in [0.15, 0.2) is 48.5 Å². The van der Waals surface area contributed by atoms with Gasteiger partial charge in [0.15, 0.2) is 5.78 Å². The molecule has 2 aliphatic carbocycles. The lowest BCUT2D eigenvalue weighted by Gasteiger charge is -2.34. The van der Waals surface area contributed by atoms with Crippen molar-refractivity contribution in [3.05, 3.63) is 65.2 Å². The Morgan fingerprint density at radius 2 is 1.93 bits per heavy atom. The Kier molecular flexibility index (Phi) is 4.75. The summed E-state index contributed by atoms with van der Waals surface area (Å²) in [4.78, 5) is 37.4. The summed E-state index contributed by atoms with van der Waals surface area (Å²) in [5.41, 5.74) is 1.96. The van der Waals surface area contributed by atoms with Crippen LogP contribution in [-0.2, 0) is 27.4 Å². The first-order chi connectivity index (χ1) is 13.5. The molecule has 4 rings (SSSR count). The summed E-state index contributed by atoms with van der Waals surface area (Å²) in [6.07, 6.45) is 1.50. The molecule has 0 bridgehead atoms. The molecular formula is C23H22O5. The van der Waals surface area contributed by atoms with Gasteiger partial charge in [0.25, 0.3) is 0 Å². The van der Waals surface area contributed by atoms with Crippen molar-refractivity contribution in [2.45, 2.75) is 32.3 Å². The largest absolute Gasteiger partial charge is 0.489 e. The molecule has 0 amide bonds. The maximum atomic E-state index is 13.2. The van der Waals surface area contributed by atoms with Gasteiger partial charge in [0.1, 0.15) is 24.1 Å². The average Bonchev–Trinajstić information content (AvgIpc) is 3.00. The predicted octanol–water partition coefficient (Wildman–Crippen LogP) is 3.53. The van der Waals surface area contributed by atoms with Gasteiger partial charge in [-0.1, -0.05) is 36.4 Å². The molecule has 2 atom stereocenters. The van der Waals surface area contributed by atoms with Crippen molar-refractivity contribution < 1.29 is 23.9 Å². The van der Waals surface area contributed by atoms with Crippen LogP contribution in [0.1, 0.15) is 40.7 Å². The van der Waals surface area contributed by atoms with Crippen molar-refractivity contribution in [1.29, 1.82) is 0 Å². The Morgan fingerprint density at radius 1 is 1.14 bits per heavy atom. The number of hydrogen-bond acceptors (Lipinski definition) is 5. The summed E-state index contributed by atoms with van der Waals surface area (Å²) in [6.45, 7) is 0.428. The summed E-state index contributed by atoms with van der Waals surface area (Å²) in [7, 11) is 1.28. The molecule has 0 aliphatic heterocycles. The summed E-state index contributed by atoms with van der Waals surface area (Å²) >= 11 is 0. The lowest BCUT2D eigenvalue weighted by atomic mass is 9.67. The molecule has 0 saturated heterocycles. The zero-order chi connectivity index (χ0) is 19.7. The molecule has 1 spiro atoms. The van der Waals surface area contributed by atoms with Gasteiger partial charge in [0.05, 0.1) is 7.11 Å². The van der Waals surface area contributed by atoms with Crippen molar-refractivity contribution in [3.63, 3.8) is 0 Å². The quantitative estimate of drug-likeness (QED) is 0.601. The van der Waals surface area contributed by atoms with Gasteiger partial charge in [-0.2, -0.15) is 0 Å². The zero-order valence-corrected chi connectivity index (χ0v) is 15.8. The number of fused-ring (bicyclic) bond motifs is 1. The van der Waals surface area contributed by atoms with Crippen LogP contribution < -0.4 is 4.74 Å². The average molecular weight is 378 g/mol. The second-order valence-corrected chi connectivity index (χ2v) is 7.63. The Labute approximate surface area is 163 Å². The summed E-state index contributed by atoms with van der Waals surface area (Å²) in [5, 5.41) is 0. The number of benzene rings is 2. The molecule has 0 heterocycles. The fraction of sp³-hybridized carbons (Fsp3) is 0.348. The first kappa shape index (κ1) is 18.4.